The van der Waals surface area contributed by atoms with Crippen molar-refractivity contribution >= 4 is 52.2 Å². The van der Waals surface area contributed by atoms with Gasteiger partial charge in [-0.05, 0) is 49.3 Å². The van der Waals surface area contributed by atoms with E-state index in [-0.39, 0.29) is 26.1 Å². The number of ketones is 1. The largest absolute Gasteiger partial charge is 1.00 e. The molecule has 0 fully saturated rings. The van der Waals surface area contributed by atoms with E-state index in [9.17, 15) is 4.79 Å². The summed E-state index contributed by atoms with van der Waals surface area (Å²) < 4.78 is 1.59. The van der Waals surface area contributed by atoms with Gasteiger partial charge < -0.3 is 1.43 Å². The molecular weight excluding hydrogens is 370 g/mol. The molecule has 2 aromatic carbocycles. The minimum atomic E-state index is 0. The van der Waals surface area contributed by atoms with Gasteiger partial charge in [0.15, 0.2) is 5.78 Å². The minimum absolute atomic E-state index is 0. The van der Waals surface area contributed by atoms with Crippen molar-refractivity contribution in [2.45, 2.75) is 0 Å². The Labute approximate surface area is 139 Å². The van der Waals surface area contributed by atoms with Crippen LogP contribution in [0, 0.1) is 0 Å². The van der Waals surface area contributed by atoms with E-state index >= 15 is 0 Å². The Kier molecular flexibility index (Phi) is 6.31. The number of hydrogen-bond acceptors (Lipinski definition) is 1. The Morgan fingerprint density at radius 3 is 2.11 bits per heavy atom. The molecule has 5 heteroatoms. The first-order valence-corrected chi connectivity index (χ1v) is 7.11. The van der Waals surface area contributed by atoms with Gasteiger partial charge in [-0.25, -0.2) is 0 Å². The summed E-state index contributed by atoms with van der Waals surface area (Å²) in [5.41, 5.74) is 1.35. The Bertz CT molecular complexity index is 572. The SMILES string of the molecule is O=C(c1ccccc1P)c1c(Br)cccc1Br.[H-].[Li+]. The molecule has 0 amide bonds. The number of rotatable bonds is 2. The van der Waals surface area contributed by atoms with Crippen LogP contribution in [0.4, 0.5) is 0 Å². The molecule has 0 radical (unpaired) electrons. The van der Waals surface area contributed by atoms with Crippen LogP contribution in [0.5, 0.6) is 0 Å². The molecule has 0 aliphatic carbocycles. The predicted octanol–water partition coefficient (Wildman–Crippen LogP) is 1.06. The first kappa shape index (κ1) is 16.2. The zero-order valence-electron chi connectivity index (χ0n) is 10.8. The van der Waals surface area contributed by atoms with Crippen molar-refractivity contribution in [3.8, 4) is 0 Å². The summed E-state index contributed by atoms with van der Waals surface area (Å²) in [6, 6.07) is 13.1. The van der Waals surface area contributed by atoms with Crippen LogP contribution in [0.2, 0.25) is 0 Å². The molecule has 1 atom stereocenters. The Balaban J connectivity index is 0.00000162. The molecule has 0 bridgehead atoms. The fourth-order valence-electron chi connectivity index (χ4n) is 1.55. The van der Waals surface area contributed by atoms with Gasteiger partial charge in [-0.2, -0.15) is 0 Å². The first-order valence-electron chi connectivity index (χ1n) is 4.94. The Morgan fingerprint density at radius 2 is 1.56 bits per heavy atom. The van der Waals surface area contributed by atoms with Crippen LogP contribution in [0.3, 0.4) is 0 Å². The van der Waals surface area contributed by atoms with Crippen LogP contribution in [0.25, 0.3) is 0 Å². The number of carbonyl (C=O) groups is 1. The molecule has 0 aliphatic rings. The van der Waals surface area contributed by atoms with E-state index in [2.05, 4.69) is 41.1 Å². The van der Waals surface area contributed by atoms with Gasteiger partial charge in [-0.3, -0.25) is 4.79 Å². The van der Waals surface area contributed by atoms with E-state index < -0.39 is 0 Å². The molecule has 1 nitrogen and oxygen atoms in total. The predicted molar refractivity (Wildman–Crippen MR) is 82.2 cm³/mol. The summed E-state index contributed by atoms with van der Waals surface area (Å²) in [5.74, 6) is 0.00921. The van der Waals surface area contributed by atoms with Gasteiger partial charge in [0.2, 0.25) is 0 Å². The second-order valence-electron chi connectivity index (χ2n) is 3.51. The van der Waals surface area contributed by atoms with Crippen LogP contribution in [0.1, 0.15) is 17.3 Å². The van der Waals surface area contributed by atoms with Gasteiger partial charge in [-0.1, -0.05) is 30.3 Å². The van der Waals surface area contributed by atoms with Crippen LogP contribution in [0.15, 0.2) is 51.4 Å². The molecular formula is C13H10Br2LiOP. The third-order valence-electron chi connectivity index (χ3n) is 2.40. The molecule has 0 heterocycles. The van der Waals surface area contributed by atoms with Crippen molar-refractivity contribution in [3.05, 3.63) is 62.5 Å². The second-order valence-corrected chi connectivity index (χ2v) is 5.84. The minimum Gasteiger partial charge on any atom is -1.00 e. The zero-order chi connectivity index (χ0) is 12.4. The number of carbonyl (C=O) groups excluding carboxylic acids is 1. The van der Waals surface area contributed by atoms with Gasteiger partial charge >= 0.3 is 18.9 Å². The Morgan fingerprint density at radius 1 is 1.00 bits per heavy atom. The average molecular weight is 380 g/mol. The maximum atomic E-state index is 12.4. The summed E-state index contributed by atoms with van der Waals surface area (Å²) in [4.78, 5) is 12.4. The zero-order valence-corrected chi connectivity index (χ0v) is 14.1. The van der Waals surface area contributed by atoms with Gasteiger partial charge in [-0.15, -0.1) is 9.24 Å². The normalized spacial score (nSPS) is 9.72. The number of benzene rings is 2. The molecule has 0 spiro atoms. The fraction of sp³-hybridized carbons (Fsp3) is 0. The molecule has 88 valence electrons. The third-order valence-corrected chi connectivity index (χ3v) is 4.22. The van der Waals surface area contributed by atoms with Gasteiger partial charge in [0.1, 0.15) is 0 Å². The summed E-state index contributed by atoms with van der Waals surface area (Å²) in [5, 5.41) is 0.903. The van der Waals surface area contributed by atoms with Crippen molar-refractivity contribution in [1.82, 2.24) is 0 Å². The molecule has 2 rings (SSSR count). The van der Waals surface area contributed by atoms with Crippen LogP contribution in [-0.2, 0) is 0 Å². The van der Waals surface area contributed by atoms with Gasteiger partial charge in [0.05, 0.1) is 5.56 Å². The van der Waals surface area contributed by atoms with E-state index in [1.54, 1.807) is 0 Å². The molecule has 0 aromatic heterocycles. The van der Waals surface area contributed by atoms with E-state index in [1.807, 2.05) is 42.5 Å². The summed E-state index contributed by atoms with van der Waals surface area (Å²) in [6.45, 7) is 0. The van der Waals surface area contributed by atoms with Crippen LogP contribution >= 0.6 is 41.1 Å². The summed E-state index contributed by atoms with van der Waals surface area (Å²) >= 11 is 6.82. The quantitative estimate of drug-likeness (QED) is 0.433. The standard InChI is InChI=1S/C13H9Br2OP.Li.H/c14-9-5-3-6-10(15)12(9)13(16)8-4-1-2-7-11(8)17;;/h1-7H,17H2;;/q;+1;-1. The van der Waals surface area contributed by atoms with E-state index in [1.165, 1.54) is 0 Å². The van der Waals surface area contributed by atoms with Crippen molar-refractivity contribution in [3.63, 3.8) is 0 Å². The van der Waals surface area contributed by atoms with E-state index in [0.717, 1.165) is 14.2 Å². The monoisotopic (exact) mass is 378 g/mol. The van der Waals surface area contributed by atoms with Gasteiger partial charge in [0.25, 0.3) is 0 Å². The molecule has 18 heavy (non-hydrogen) atoms. The second kappa shape index (κ2) is 7.03. The maximum absolute atomic E-state index is 12.4. The molecule has 2 aromatic rings. The van der Waals surface area contributed by atoms with Crippen molar-refractivity contribution in [2.24, 2.45) is 0 Å². The van der Waals surface area contributed by atoms with E-state index in [0.29, 0.717) is 11.1 Å². The molecule has 0 saturated heterocycles. The molecule has 0 saturated carbocycles. The average Bonchev–Trinajstić information content (AvgIpc) is 2.29. The van der Waals surface area contributed by atoms with E-state index in [4.69, 9.17) is 0 Å². The smallest absolute Gasteiger partial charge is 1.00 e. The van der Waals surface area contributed by atoms with Crippen LogP contribution < -0.4 is 24.2 Å². The maximum Gasteiger partial charge on any atom is 1.00 e. The molecule has 1 unspecified atom stereocenters. The van der Waals surface area contributed by atoms with Crippen molar-refractivity contribution in [2.75, 3.05) is 0 Å². The Hall–Kier alpha value is 0.0974. The molecule has 0 N–H and O–H groups in total. The first-order chi connectivity index (χ1) is 8.11. The number of hydrogen-bond donors (Lipinski definition) is 0. The number of halogens is 2. The van der Waals surface area contributed by atoms with Crippen molar-refractivity contribution < 1.29 is 25.1 Å². The van der Waals surface area contributed by atoms with Crippen molar-refractivity contribution in [1.29, 1.82) is 0 Å². The fourth-order valence-corrected chi connectivity index (χ4v) is 3.25. The molecule has 0 aliphatic heterocycles. The summed E-state index contributed by atoms with van der Waals surface area (Å²) in [6.07, 6.45) is 0. The van der Waals surface area contributed by atoms with Crippen LogP contribution in [-0.4, -0.2) is 5.78 Å². The topological polar surface area (TPSA) is 17.1 Å². The van der Waals surface area contributed by atoms with Gasteiger partial charge in [0, 0.05) is 14.5 Å². The third kappa shape index (κ3) is 3.35. The summed E-state index contributed by atoms with van der Waals surface area (Å²) in [7, 11) is 2.59.